The number of ether oxygens (including phenoxy) is 3. The van der Waals surface area contributed by atoms with E-state index in [-0.39, 0.29) is 5.91 Å². The average Bonchev–Trinajstić information content (AvgIpc) is 2.46. The van der Waals surface area contributed by atoms with Gasteiger partial charge in [-0.05, 0) is 28.1 Å². The van der Waals surface area contributed by atoms with E-state index in [1.165, 1.54) is 0 Å². The predicted molar refractivity (Wildman–Crippen MR) is 74.0 cm³/mol. The van der Waals surface area contributed by atoms with Crippen molar-refractivity contribution in [2.45, 2.75) is 0 Å². The zero-order chi connectivity index (χ0) is 13.8. The number of methoxy groups -OCH3 is 2. The molecule has 0 aromatic heterocycles. The van der Waals surface area contributed by atoms with Gasteiger partial charge in [0.05, 0.1) is 31.9 Å². The fourth-order valence-electron chi connectivity index (χ4n) is 1.99. The summed E-state index contributed by atoms with van der Waals surface area (Å²) >= 11 is 3.39. The van der Waals surface area contributed by atoms with E-state index in [9.17, 15) is 4.79 Å². The Kier molecular flexibility index (Phi) is 4.66. The van der Waals surface area contributed by atoms with Gasteiger partial charge in [0.15, 0.2) is 11.5 Å². The Hall–Kier alpha value is -1.27. The molecule has 0 saturated carbocycles. The van der Waals surface area contributed by atoms with E-state index >= 15 is 0 Å². The van der Waals surface area contributed by atoms with Crippen LogP contribution >= 0.6 is 15.9 Å². The van der Waals surface area contributed by atoms with Crippen molar-refractivity contribution in [2.24, 2.45) is 0 Å². The number of hydrogen-bond donors (Lipinski definition) is 0. The van der Waals surface area contributed by atoms with E-state index in [0.717, 1.165) is 0 Å². The number of nitrogens with zero attached hydrogens (tertiary/aromatic N) is 1. The summed E-state index contributed by atoms with van der Waals surface area (Å²) in [5, 5.41) is 0. The van der Waals surface area contributed by atoms with E-state index in [1.54, 1.807) is 31.3 Å². The molecule has 2 rings (SSSR count). The van der Waals surface area contributed by atoms with Crippen LogP contribution in [0, 0.1) is 0 Å². The summed E-state index contributed by atoms with van der Waals surface area (Å²) in [6.45, 7) is 2.40. The molecule has 1 amide bonds. The summed E-state index contributed by atoms with van der Waals surface area (Å²) in [4.78, 5) is 14.1. The van der Waals surface area contributed by atoms with Crippen molar-refractivity contribution >= 4 is 21.8 Å². The summed E-state index contributed by atoms with van der Waals surface area (Å²) in [6, 6.07) is 3.44. The van der Waals surface area contributed by atoms with Gasteiger partial charge in [0.2, 0.25) is 0 Å². The first-order valence-corrected chi connectivity index (χ1v) is 6.75. The number of benzene rings is 1. The molecule has 1 aromatic carbocycles. The molecule has 1 aromatic rings. The lowest BCUT2D eigenvalue weighted by Gasteiger charge is -2.27. The Morgan fingerprint density at radius 3 is 2.53 bits per heavy atom. The molecule has 0 bridgehead atoms. The van der Waals surface area contributed by atoms with Gasteiger partial charge in [-0.2, -0.15) is 0 Å². The third-order valence-electron chi connectivity index (χ3n) is 2.98. The molecule has 0 radical (unpaired) electrons. The first-order valence-electron chi connectivity index (χ1n) is 5.96. The van der Waals surface area contributed by atoms with Gasteiger partial charge < -0.3 is 19.1 Å². The van der Waals surface area contributed by atoms with Crippen molar-refractivity contribution in [1.29, 1.82) is 0 Å². The van der Waals surface area contributed by atoms with Gasteiger partial charge in [0, 0.05) is 18.7 Å². The number of rotatable bonds is 3. The lowest BCUT2D eigenvalue weighted by atomic mass is 10.1. The Morgan fingerprint density at radius 2 is 1.95 bits per heavy atom. The number of halogens is 1. The van der Waals surface area contributed by atoms with Crippen LogP contribution in [0.5, 0.6) is 11.5 Å². The van der Waals surface area contributed by atoms with Gasteiger partial charge >= 0.3 is 0 Å². The minimum absolute atomic E-state index is 0.0232. The zero-order valence-corrected chi connectivity index (χ0v) is 12.5. The topological polar surface area (TPSA) is 48.0 Å². The van der Waals surface area contributed by atoms with Crippen molar-refractivity contribution in [1.82, 2.24) is 4.90 Å². The molecule has 1 aliphatic heterocycles. The highest BCUT2D eigenvalue weighted by Gasteiger charge is 2.21. The van der Waals surface area contributed by atoms with Gasteiger partial charge in [-0.1, -0.05) is 0 Å². The van der Waals surface area contributed by atoms with E-state index in [1.807, 2.05) is 0 Å². The maximum atomic E-state index is 12.4. The highest BCUT2D eigenvalue weighted by atomic mass is 79.9. The van der Waals surface area contributed by atoms with Crippen LogP contribution in [0.15, 0.2) is 16.6 Å². The van der Waals surface area contributed by atoms with Gasteiger partial charge in [-0.3, -0.25) is 4.79 Å². The van der Waals surface area contributed by atoms with Crippen molar-refractivity contribution in [3.8, 4) is 11.5 Å². The zero-order valence-electron chi connectivity index (χ0n) is 10.9. The third-order valence-corrected chi connectivity index (χ3v) is 3.57. The predicted octanol–water partition coefficient (Wildman–Crippen LogP) is 1.94. The number of morpholine rings is 1. The second-order valence-electron chi connectivity index (χ2n) is 4.10. The fourth-order valence-corrected chi connectivity index (χ4v) is 2.59. The Bertz CT molecular complexity index is 472. The van der Waals surface area contributed by atoms with Gasteiger partial charge in [-0.25, -0.2) is 0 Å². The normalized spacial score (nSPS) is 15.2. The molecule has 6 heteroatoms. The highest BCUT2D eigenvalue weighted by molar-refractivity contribution is 9.10. The molecular formula is C13H16BrNO4. The first-order chi connectivity index (χ1) is 9.17. The molecule has 0 spiro atoms. The van der Waals surface area contributed by atoms with E-state index in [0.29, 0.717) is 47.8 Å². The smallest absolute Gasteiger partial charge is 0.254 e. The van der Waals surface area contributed by atoms with Crippen LogP contribution in [0.3, 0.4) is 0 Å². The van der Waals surface area contributed by atoms with E-state index < -0.39 is 0 Å². The summed E-state index contributed by atoms with van der Waals surface area (Å²) in [6.07, 6.45) is 0. The number of carbonyl (C=O) groups excluding carboxylic acids is 1. The van der Waals surface area contributed by atoms with E-state index in [4.69, 9.17) is 14.2 Å². The van der Waals surface area contributed by atoms with Gasteiger partial charge in [0.1, 0.15) is 0 Å². The third kappa shape index (κ3) is 3.01. The average molecular weight is 330 g/mol. The maximum Gasteiger partial charge on any atom is 0.254 e. The molecule has 5 nitrogen and oxygen atoms in total. The van der Waals surface area contributed by atoms with Crippen LogP contribution in [-0.2, 0) is 4.74 Å². The van der Waals surface area contributed by atoms with E-state index in [2.05, 4.69) is 15.9 Å². The SMILES string of the molecule is COc1cc(C(=O)N2CCOCC2)cc(Br)c1OC. The summed E-state index contributed by atoms with van der Waals surface area (Å²) < 4.78 is 16.4. The summed E-state index contributed by atoms with van der Waals surface area (Å²) in [5.41, 5.74) is 0.575. The quantitative estimate of drug-likeness (QED) is 0.850. The van der Waals surface area contributed by atoms with Crippen LogP contribution in [0.1, 0.15) is 10.4 Å². The van der Waals surface area contributed by atoms with Crippen molar-refractivity contribution < 1.29 is 19.0 Å². The van der Waals surface area contributed by atoms with Crippen LogP contribution in [-0.4, -0.2) is 51.3 Å². The standard InChI is InChI=1S/C13H16BrNO4/c1-17-11-8-9(7-10(14)12(11)18-2)13(16)15-3-5-19-6-4-15/h7-8H,3-6H2,1-2H3. The fraction of sp³-hybridized carbons (Fsp3) is 0.462. The van der Waals surface area contributed by atoms with Crippen LogP contribution < -0.4 is 9.47 Å². The van der Waals surface area contributed by atoms with Crippen LogP contribution in [0.25, 0.3) is 0 Å². The van der Waals surface area contributed by atoms with Crippen molar-refractivity contribution in [3.63, 3.8) is 0 Å². The summed E-state index contributed by atoms with van der Waals surface area (Å²) in [5.74, 6) is 1.10. The molecule has 0 unspecified atom stereocenters. The molecule has 104 valence electrons. The minimum Gasteiger partial charge on any atom is -0.493 e. The number of carbonyl (C=O) groups is 1. The number of amides is 1. The lowest BCUT2D eigenvalue weighted by Crippen LogP contribution is -2.40. The first kappa shape index (κ1) is 14.1. The molecule has 0 atom stereocenters. The van der Waals surface area contributed by atoms with Crippen LogP contribution in [0.2, 0.25) is 0 Å². The number of hydrogen-bond acceptors (Lipinski definition) is 4. The minimum atomic E-state index is -0.0232. The maximum absolute atomic E-state index is 12.4. The van der Waals surface area contributed by atoms with Crippen molar-refractivity contribution in [2.75, 3.05) is 40.5 Å². The monoisotopic (exact) mass is 329 g/mol. The molecule has 19 heavy (non-hydrogen) atoms. The second kappa shape index (κ2) is 6.25. The second-order valence-corrected chi connectivity index (χ2v) is 4.95. The molecule has 1 saturated heterocycles. The highest BCUT2D eigenvalue weighted by Crippen LogP contribution is 2.36. The molecule has 1 fully saturated rings. The molecule has 0 aliphatic carbocycles. The summed E-state index contributed by atoms with van der Waals surface area (Å²) in [7, 11) is 3.11. The lowest BCUT2D eigenvalue weighted by molar-refractivity contribution is 0.0302. The Labute approximate surface area is 120 Å². The molecule has 0 N–H and O–H groups in total. The van der Waals surface area contributed by atoms with Crippen molar-refractivity contribution in [3.05, 3.63) is 22.2 Å². The largest absolute Gasteiger partial charge is 0.493 e. The van der Waals surface area contributed by atoms with Crippen LogP contribution in [0.4, 0.5) is 0 Å². The molecular weight excluding hydrogens is 314 g/mol. The van der Waals surface area contributed by atoms with Gasteiger partial charge in [0.25, 0.3) is 5.91 Å². The molecule has 1 heterocycles. The Balaban J connectivity index is 2.29. The van der Waals surface area contributed by atoms with Gasteiger partial charge in [-0.15, -0.1) is 0 Å². The molecule has 1 aliphatic rings. The Morgan fingerprint density at radius 1 is 1.26 bits per heavy atom.